The van der Waals surface area contributed by atoms with Crippen molar-refractivity contribution in [2.45, 2.75) is 38.5 Å². The third-order valence-corrected chi connectivity index (χ3v) is 6.49. The van der Waals surface area contributed by atoms with Gasteiger partial charge in [-0.25, -0.2) is 4.98 Å². The van der Waals surface area contributed by atoms with Crippen LogP contribution in [0.25, 0.3) is 11.4 Å². The average Bonchev–Trinajstić information content (AvgIpc) is 3.74. The van der Waals surface area contributed by atoms with Gasteiger partial charge in [0, 0.05) is 31.5 Å². The molecular weight excluding hydrogens is 416 g/mol. The molecule has 0 spiro atoms. The van der Waals surface area contributed by atoms with Gasteiger partial charge in [0.1, 0.15) is 17.8 Å². The first-order valence-electron chi connectivity index (χ1n) is 11.5. The number of anilines is 2. The van der Waals surface area contributed by atoms with Gasteiger partial charge in [0.2, 0.25) is 0 Å². The zero-order chi connectivity index (χ0) is 22.5. The van der Waals surface area contributed by atoms with Crippen LogP contribution >= 0.6 is 0 Å². The highest BCUT2D eigenvalue weighted by Crippen LogP contribution is 2.44. The summed E-state index contributed by atoms with van der Waals surface area (Å²) < 4.78 is 7.45. The fourth-order valence-electron chi connectivity index (χ4n) is 4.46. The van der Waals surface area contributed by atoms with Crippen molar-refractivity contribution in [3.63, 3.8) is 0 Å². The Kier molecular flexibility index (Phi) is 4.74. The Morgan fingerprint density at radius 2 is 2.06 bits per heavy atom. The predicted octanol–water partition coefficient (Wildman–Crippen LogP) is 4.19. The quantitative estimate of drug-likeness (QED) is 0.562. The van der Waals surface area contributed by atoms with Crippen LogP contribution in [0.5, 0.6) is 5.75 Å². The molecular formula is C25H26N6O2. The number of aliphatic imine (C=N–C) groups is 1. The van der Waals surface area contributed by atoms with Crippen molar-refractivity contribution >= 4 is 28.6 Å². The second-order valence-corrected chi connectivity index (χ2v) is 9.18. The van der Waals surface area contributed by atoms with E-state index in [4.69, 9.17) is 14.7 Å². The second-order valence-electron chi connectivity index (χ2n) is 9.18. The number of Topliss-reactive ketones (excluding diaryl/α,β-unsaturated/α-hetero) is 1. The van der Waals surface area contributed by atoms with E-state index >= 15 is 0 Å². The van der Waals surface area contributed by atoms with Gasteiger partial charge in [-0.15, -0.1) is 0 Å². The number of nitrogens with zero attached hydrogens (tertiary/aromatic N) is 5. The summed E-state index contributed by atoms with van der Waals surface area (Å²) in [7, 11) is 3.48. The van der Waals surface area contributed by atoms with Crippen molar-refractivity contribution < 1.29 is 9.53 Å². The number of nitrogens with one attached hydrogen (secondary N) is 1. The Morgan fingerprint density at radius 3 is 2.76 bits per heavy atom. The largest absolute Gasteiger partial charge is 0.494 e. The molecule has 0 saturated heterocycles. The van der Waals surface area contributed by atoms with Crippen LogP contribution in [0.2, 0.25) is 0 Å². The van der Waals surface area contributed by atoms with Crippen molar-refractivity contribution in [3.8, 4) is 17.1 Å². The number of methoxy groups -OCH3 is 1. The van der Waals surface area contributed by atoms with Crippen molar-refractivity contribution in [1.82, 2.24) is 19.7 Å². The summed E-state index contributed by atoms with van der Waals surface area (Å²) in [4.78, 5) is 26.7. The van der Waals surface area contributed by atoms with Gasteiger partial charge in [0.15, 0.2) is 11.6 Å². The highest BCUT2D eigenvalue weighted by Gasteiger charge is 2.34. The van der Waals surface area contributed by atoms with Crippen molar-refractivity contribution in [2.75, 3.05) is 12.4 Å². The number of pyridine rings is 1. The van der Waals surface area contributed by atoms with E-state index in [0.717, 1.165) is 53.3 Å². The summed E-state index contributed by atoms with van der Waals surface area (Å²) in [5.74, 6) is 2.35. The van der Waals surface area contributed by atoms with E-state index in [0.29, 0.717) is 23.9 Å². The van der Waals surface area contributed by atoms with E-state index in [1.807, 2.05) is 31.3 Å². The topological polar surface area (TPSA) is 94.3 Å². The van der Waals surface area contributed by atoms with E-state index in [9.17, 15) is 4.79 Å². The van der Waals surface area contributed by atoms with E-state index in [1.165, 1.54) is 18.6 Å². The SMILES string of the molecule is COc1c(Nc2cc(CC(=O)C3CC3)nc3c2N=C(C2CC2)C3)cccc1-c1ncn(C)n1. The number of ketones is 1. The monoisotopic (exact) mass is 442 g/mol. The first kappa shape index (κ1) is 20.1. The van der Waals surface area contributed by atoms with Crippen molar-refractivity contribution in [2.24, 2.45) is 23.9 Å². The molecule has 3 aliphatic rings. The summed E-state index contributed by atoms with van der Waals surface area (Å²) in [5.41, 5.74) is 6.32. The molecule has 2 saturated carbocycles. The van der Waals surface area contributed by atoms with Gasteiger partial charge >= 0.3 is 0 Å². The predicted molar refractivity (Wildman–Crippen MR) is 125 cm³/mol. The van der Waals surface area contributed by atoms with E-state index in [1.54, 1.807) is 18.1 Å². The van der Waals surface area contributed by atoms with Crippen LogP contribution in [-0.4, -0.2) is 38.4 Å². The average molecular weight is 443 g/mol. The molecule has 168 valence electrons. The number of aryl methyl sites for hydroxylation is 1. The van der Waals surface area contributed by atoms with E-state index < -0.39 is 0 Å². The summed E-state index contributed by atoms with van der Waals surface area (Å²) in [6, 6.07) is 7.84. The van der Waals surface area contributed by atoms with Crippen LogP contribution in [0.3, 0.4) is 0 Å². The number of aromatic nitrogens is 4. The van der Waals surface area contributed by atoms with Crippen LogP contribution in [0.15, 0.2) is 35.6 Å². The minimum atomic E-state index is 0.220. The molecule has 0 bridgehead atoms. The number of rotatable bonds is 8. The van der Waals surface area contributed by atoms with Gasteiger partial charge in [0.05, 0.1) is 35.4 Å². The lowest BCUT2D eigenvalue weighted by Crippen LogP contribution is -2.09. The number of carbonyl (C=O) groups excluding carboxylic acids is 1. The second kappa shape index (κ2) is 7.79. The lowest BCUT2D eigenvalue weighted by atomic mass is 10.1. The lowest BCUT2D eigenvalue weighted by molar-refractivity contribution is -0.119. The first-order valence-corrected chi connectivity index (χ1v) is 11.5. The summed E-state index contributed by atoms with van der Waals surface area (Å²) in [6.45, 7) is 0. The summed E-state index contributed by atoms with van der Waals surface area (Å²) in [6.07, 6.45) is 7.24. The molecule has 8 heteroatoms. The van der Waals surface area contributed by atoms with Gasteiger partial charge in [-0.1, -0.05) is 6.07 Å². The Balaban J connectivity index is 1.39. The van der Waals surface area contributed by atoms with Gasteiger partial charge in [0.25, 0.3) is 0 Å². The van der Waals surface area contributed by atoms with Gasteiger partial charge in [-0.2, -0.15) is 5.10 Å². The third-order valence-electron chi connectivity index (χ3n) is 6.49. The number of carbonyl (C=O) groups is 1. The van der Waals surface area contributed by atoms with E-state index in [2.05, 4.69) is 15.4 Å². The van der Waals surface area contributed by atoms with Crippen LogP contribution in [0.1, 0.15) is 37.1 Å². The number of hydrogen-bond donors (Lipinski definition) is 1. The van der Waals surface area contributed by atoms with Gasteiger partial charge in [-0.05, 0) is 49.8 Å². The van der Waals surface area contributed by atoms with Crippen LogP contribution < -0.4 is 10.1 Å². The van der Waals surface area contributed by atoms with Gasteiger partial charge < -0.3 is 10.1 Å². The minimum absolute atomic E-state index is 0.220. The maximum atomic E-state index is 12.5. The Morgan fingerprint density at radius 1 is 1.21 bits per heavy atom. The molecule has 0 amide bonds. The summed E-state index contributed by atoms with van der Waals surface area (Å²) >= 11 is 0. The van der Waals surface area contributed by atoms with Crippen molar-refractivity contribution in [1.29, 1.82) is 0 Å². The Bertz CT molecular complexity index is 1290. The highest BCUT2D eigenvalue weighted by atomic mass is 16.5. The molecule has 8 nitrogen and oxygen atoms in total. The zero-order valence-corrected chi connectivity index (χ0v) is 18.8. The normalized spacial score (nSPS) is 17.0. The molecule has 1 aliphatic heterocycles. The highest BCUT2D eigenvalue weighted by molar-refractivity contribution is 5.99. The van der Waals surface area contributed by atoms with Crippen molar-refractivity contribution in [3.05, 3.63) is 42.0 Å². The molecule has 1 aromatic carbocycles. The smallest absolute Gasteiger partial charge is 0.184 e. The molecule has 3 aromatic rings. The Hall–Kier alpha value is -3.55. The summed E-state index contributed by atoms with van der Waals surface area (Å²) in [5, 5.41) is 7.96. The number of para-hydroxylation sites is 1. The molecule has 33 heavy (non-hydrogen) atoms. The number of benzene rings is 1. The maximum absolute atomic E-state index is 12.5. The van der Waals surface area contributed by atoms with Crippen LogP contribution in [0, 0.1) is 11.8 Å². The molecule has 6 rings (SSSR count). The molecule has 2 aromatic heterocycles. The van der Waals surface area contributed by atoms with Crippen LogP contribution in [0.4, 0.5) is 17.1 Å². The molecule has 1 N–H and O–H groups in total. The molecule has 2 aliphatic carbocycles. The number of fused-ring (bicyclic) bond motifs is 1. The molecule has 3 heterocycles. The zero-order valence-electron chi connectivity index (χ0n) is 18.8. The van der Waals surface area contributed by atoms with E-state index in [-0.39, 0.29) is 11.7 Å². The van der Waals surface area contributed by atoms with Gasteiger partial charge in [-0.3, -0.25) is 19.5 Å². The number of ether oxygens (including phenoxy) is 1. The molecule has 0 radical (unpaired) electrons. The minimum Gasteiger partial charge on any atom is -0.494 e. The lowest BCUT2D eigenvalue weighted by Gasteiger charge is -2.16. The third kappa shape index (κ3) is 3.90. The fourth-order valence-corrected chi connectivity index (χ4v) is 4.46. The molecule has 0 unspecified atom stereocenters. The fraction of sp³-hybridized carbons (Fsp3) is 0.400. The molecule has 0 atom stereocenters. The molecule has 2 fully saturated rings. The maximum Gasteiger partial charge on any atom is 0.184 e. The Labute approximate surface area is 192 Å². The van der Waals surface area contributed by atoms with Crippen LogP contribution in [-0.2, 0) is 24.7 Å². The number of hydrogen-bond acceptors (Lipinski definition) is 7. The first-order chi connectivity index (χ1) is 16.1. The standard InChI is InChI=1S/C25H26N6O2/c1-31-13-26-25(30-31)17-4-3-5-18(24(17)33-2)28-20-10-16(11-22(32)15-8-9-15)27-21-12-19(14-6-7-14)29-23(20)21/h3-5,10,13-15H,6-9,11-12H2,1-2H3,(H,27,28).